The molecule has 0 radical (unpaired) electrons. The average molecular weight is 341 g/mol. The zero-order valence-corrected chi connectivity index (χ0v) is 12.7. The van der Waals surface area contributed by atoms with Crippen molar-refractivity contribution in [2.45, 2.75) is 0 Å². The van der Waals surface area contributed by atoms with Gasteiger partial charge in [-0.3, -0.25) is 4.79 Å². The molecule has 0 unspecified atom stereocenters. The third-order valence-corrected chi connectivity index (χ3v) is 4.40. The number of aldehydes is 1. The predicted octanol–water partition coefficient (Wildman–Crippen LogP) is 5.31. The Labute approximate surface area is 135 Å². The maximum Gasteiger partial charge on any atom is 0.152 e. The Morgan fingerprint density at radius 3 is 2.48 bits per heavy atom. The summed E-state index contributed by atoms with van der Waals surface area (Å²) in [6.07, 6.45) is 2.19. The van der Waals surface area contributed by atoms with E-state index in [1.54, 1.807) is 18.2 Å². The van der Waals surface area contributed by atoms with Crippen molar-refractivity contribution < 1.29 is 9.90 Å². The highest BCUT2D eigenvalue weighted by Crippen LogP contribution is 2.43. The maximum absolute atomic E-state index is 11.1. The van der Waals surface area contributed by atoms with Crippen LogP contribution in [0.3, 0.4) is 0 Å². The van der Waals surface area contributed by atoms with E-state index in [1.807, 2.05) is 0 Å². The van der Waals surface area contributed by atoms with E-state index >= 15 is 0 Å². The molecule has 6 heteroatoms. The van der Waals surface area contributed by atoms with Gasteiger partial charge in [-0.25, -0.2) is 0 Å². The highest BCUT2D eigenvalue weighted by molar-refractivity contribution is 6.46. The summed E-state index contributed by atoms with van der Waals surface area (Å²) in [6, 6.07) is 6.42. The molecule has 0 spiro atoms. The number of benzene rings is 2. The predicted molar refractivity (Wildman–Crippen MR) is 85.8 cm³/mol. The van der Waals surface area contributed by atoms with Crippen molar-refractivity contribution >= 4 is 52.0 Å². The quantitative estimate of drug-likeness (QED) is 0.490. The molecule has 0 aliphatic heterocycles. The second-order valence-corrected chi connectivity index (χ2v) is 5.65. The summed E-state index contributed by atoms with van der Waals surface area (Å²) >= 11 is 18.5. The molecule has 2 N–H and O–H groups in total. The van der Waals surface area contributed by atoms with Gasteiger partial charge in [0.1, 0.15) is 5.75 Å². The Hall–Kier alpha value is -1.68. The van der Waals surface area contributed by atoms with Crippen LogP contribution in [-0.2, 0) is 0 Å². The van der Waals surface area contributed by atoms with Gasteiger partial charge in [0.15, 0.2) is 6.29 Å². The third kappa shape index (κ3) is 2.18. The van der Waals surface area contributed by atoms with Gasteiger partial charge in [0.25, 0.3) is 0 Å². The zero-order valence-electron chi connectivity index (χ0n) is 10.5. The number of aromatic amines is 1. The molecule has 0 saturated heterocycles. The summed E-state index contributed by atoms with van der Waals surface area (Å²) in [5.74, 6) is 0.00590. The van der Waals surface area contributed by atoms with Crippen LogP contribution in [0, 0.1) is 0 Å². The summed E-state index contributed by atoms with van der Waals surface area (Å²) in [5, 5.41) is 11.5. The minimum absolute atomic E-state index is 0.00590. The van der Waals surface area contributed by atoms with Crippen LogP contribution in [0.1, 0.15) is 10.4 Å². The molecule has 3 rings (SSSR count). The van der Waals surface area contributed by atoms with Gasteiger partial charge in [-0.2, -0.15) is 0 Å². The van der Waals surface area contributed by atoms with E-state index < -0.39 is 0 Å². The maximum atomic E-state index is 11.1. The Balaban J connectivity index is 2.43. The largest absolute Gasteiger partial charge is 0.507 e. The highest BCUT2D eigenvalue weighted by atomic mass is 35.5. The molecule has 0 saturated carbocycles. The number of rotatable bonds is 2. The Morgan fingerprint density at radius 1 is 1.05 bits per heavy atom. The van der Waals surface area contributed by atoms with E-state index in [9.17, 15) is 9.90 Å². The zero-order chi connectivity index (χ0) is 15.1. The smallest absolute Gasteiger partial charge is 0.152 e. The minimum atomic E-state index is 0.00590. The van der Waals surface area contributed by atoms with Gasteiger partial charge < -0.3 is 10.1 Å². The first-order valence-corrected chi connectivity index (χ1v) is 7.10. The summed E-state index contributed by atoms with van der Waals surface area (Å²) in [7, 11) is 0. The van der Waals surface area contributed by atoms with Crippen molar-refractivity contribution in [2.24, 2.45) is 0 Å². The van der Waals surface area contributed by atoms with Crippen molar-refractivity contribution in [3.05, 3.63) is 51.1 Å². The van der Waals surface area contributed by atoms with Gasteiger partial charge in [0.2, 0.25) is 0 Å². The second kappa shape index (κ2) is 5.26. The molecule has 1 heterocycles. The van der Waals surface area contributed by atoms with E-state index in [1.165, 1.54) is 12.3 Å². The highest BCUT2D eigenvalue weighted by Gasteiger charge is 2.18. The van der Waals surface area contributed by atoms with E-state index in [2.05, 4.69) is 4.98 Å². The Morgan fingerprint density at radius 2 is 1.76 bits per heavy atom. The molecule has 0 atom stereocenters. The van der Waals surface area contributed by atoms with E-state index in [4.69, 9.17) is 34.8 Å². The van der Waals surface area contributed by atoms with Crippen molar-refractivity contribution in [2.75, 3.05) is 0 Å². The lowest BCUT2D eigenvalue weighted by Gasteiger charge is -2.11. The second-order valence-electron chi connectivity index (χ2n) is 4.46. The van der Waals surface area contributed by atoms with Crippen LogP contribution in [-0.4, -0.2) is 16.4 Å². The summed E-state index contributed by atoms with van der Waals surface area (Å²) in [5.41, 5.74) is 2.14. The summed E-state index contributed by atoms with van der Waals surface area (Å²) in [6.45, 7) is 0. The lowest BCUT2D eigenvalue weighted by molar-refractivity contribution is 0.112. The van der Waals surface area contributed by atoms with Gasteiger partial charge in [-0.1, -0.05) is 34.8 Å². The van der Waals surface area contributed by atoms with Crippen LogP contribution in [0.2, 0.25) is 15.1 Å². The van der Waals surface area contributed by atoms with Gasteiger partial charge in [0.05, 0.1) is 26.0 Å². The number of nitrogens with one attached hydrogen (secondary N) is 1. The fraction of sp³-hybridized carbons (Fsp3) is 0. The van der Waals surface area contributed by atoms with E-state index in [0.29, 0.717) is 48.9 Å². The minimum Gasteiger partial charge on any atom is -0.507 e. The molecule has 3 aromatic rings. The molecular formula is C15H8Cl3NO2. The number of aromatic hydroxyl groups is 1. The van der Waals surface area contributed by atoms with Gasteiger partial charge >= 0.3 is 0 Å². The van der Waals surface area contributed by atoms with Crippen LogP contribution in [0.15, 0.2) is 30.5 Å². The number of phenols is 1. The standard InChI is InChI=1S/C15H8Cl3NO2/c16-9-2-3-10(17)14(18)13(9)8-1-4-11(21)12-7(6-20)5-19-15(8)12/h1-6,19,21H. The first kappa shape index (κ1) is 14.3. The van der Waals surface area contributed by atoms with Crippen molar-refractivity contribution in [1.82, 2.24) is 4.98 Å². The van der Waals surface area contributed by atoms with Crippen LogP contribution in [0.5, 0.6) is 5.75 Å². The first-order chi connectivity index (χ1) is 10.0. The summed E-state index contributed by atoms with van der Waals surface area (Å²) in [4.78, 5) is 14.0. The average Bonchev–Trinajstić information content (AvgIpc) is 2.90. The Kier molecular flexibility index (Phi) is 3.57. The number of carbonyl (C=O) groups is 1. The van der Waals surface area contributed by atoms with E-state index in [0.717, 1.165) is 0 Å². The molecule has 21 heavy (non-hydrogen) atoms. The number of hydrogen-bond acceptors (Lipinski definition) is 2. The van der Waals surface area contributed by atoms with Crippen LogP contribution < -0.4 is 0 Å². The number of fused-ring (bicyclic) bond motifs is 1. The molecule has 0 aliphatic rings. The lowest BCUT2D eigenvalue weighted by Crippen LogP contribution is -1.86. The van der Waals surface area contributed by atoms with Crippen LogP contribution in [0.25, 0.3) is 22.0 Å². The number of hydrogen-bond donors (Lipinski definition) is 2. The molecule has 0 amide bonds. The molecule has 106 valence electrons. The van der Waals surface area contributed by atoms with Crippen molar-refractivity contribution in [1.29, 1.82) is 0 Å². The van der Waals surface area contributed by atoms with Gasteiger partial charge in [-0.05, 0) is 24.3 Å². The first-order valence-electron chi connectivity index (χ1n) is 5.96. The number of H-pyrrole nitrogens is 1. The fourth-order valence-corrected chi connectivity index (χ4v) is 3.06. The number of phenolic OH excluding ortho intramolecular Hbond substituents is 1. The Bertz CT molecular complexity index is 871. The SMILES string of the molecule is O=Cc1c[nH]c2c(-c3c(Cl)ccc(Cl)c3Cl)ccc(O)c12. The van der Waals surface area contributed by atoms with Gasteiger partial charge in [0, 0.05) is 22.9 Å². The topological polar surface area (TPSA) is 53.1 Å². The molecule has 2 aromatic carbocycles. The molecule has 3 nitrogen and oxygen atoms in total. The lowest BCUT2D eigenvalue weighted by atomic mass is 10.0. The van der Waals surface area contributed by atoms with Gasteiger partial charge in [-0.15, -0.1) is 0 Å². The molecular weight excluding hydrogens is 333 g/mol. The van der Waals surface area contributed by atoms with Crippen molar-refractivity contribution in [3.63, 3.8) is 0 Å². The fourth-order valence-electron chi connectivity index (χ4n) is 2.33. The van der Waals surface area contributed by atoms with Crippen molar-refractivity contribution in [3.8, 4) is 16.9 Å². The summed E-state index contributed by atoms with van der Waals surface area (Å²) < 4.78 is 0. The molecule has 0 aliphatic carbocycles. The van der Waals surface area contributed by atoms with Crippen LogP contribution >= 0.6 is 34.8 Å². The monoisotopic (exact) mass is 339 g/mol. The number of halogens is 3. The third-order valence-electron chi connectivity index (χ3n) is 3.28. The van der Waals surface area contributed by atoms with Crippen LogP contribution in [0.4, 0.5) is 0 Å². The molecule has 1 aromatic heterocycles. The number of carbonyl (C=O) groups excluding carboxylic acids is 1. The number of aromatic nitrogens is 1. The normalized spacial score (nSPS) is 11.0. The molecule has 0 fully saturated rings. The molecule has 0 bridgehead atoms. The van der Waals surface area contributed by atoms with E-state index in [-0.39, 0.29) is 5.75 Å².